The quantitative estimate of drug-likeness (QED) is 0.455. The molecule has 0 aliphatic rings. The fraction of sp³-hybridized carbons (Fsp3) is 1.00. The van der Waals surface area contributed by atoms with Gasteiger partial charge in [-0.25, -0.2) is 0 Å². The number of hydrogen-bond acceptors (Lipinski definition) is 0. The minimum atomic E-state index is -0.604. The Kier molecular flexibility index (Phi) is 7.23. The van der Waals surface area contributed by atoms with E-state index in [1.807, 2.05) is 0 Å². The maximum absolute atomic E-state index is 2.49. The van der Waals surface area contributed by atoms with E-state index in [9.17, 15) is 0 Å². The zero-order valence-electron chi connectivity index (χ0n) is 7.11. The molecule has 0 bridgehead atoms. The van der Waals surface area contributed by atoms with Gasteiger partial charge in [-0.3, -0.25) is 0 Å². The van der Waals surface area contributed by atoms with E-state index in [-0.39, 0.29) is 0 Å². The topological polar surface area (TPSA) is 0 Å². The van der Waals surface area contributed by atoms with Crippen molar-refractivity contribution in [1.82, 2.24) is 0 Å². The normalized spacial score (nSPS) is 9.67. The molecule has 54 valence electrons. The maximum atomic E-state index is 2.49. The van der Waals surface area contributed by atoms with Crippen molar-refractivity contribution in [3.8, 4) is 0 Å². The molecule has 0 heterocycles. The van der Waals surface area contributed by atoms with Crippen molar-refractivity contribution in [2.45, 2.75) is 48.5 Å². The van der Waals surface area contributed by atoms with Gasteiger partial charge < -0.3 is 0 Å². The molecular formula is C8H19Ga. The summed E-state index contributed by atoms with van der Waals surface area (Å²) >= 11 is -0.604. The van der Waals surface area contributed by atoms with Crippen molar-refractivity contribution < 1.29 is 0 Å². The van der Waals surface area contributed by atoms with E-state index in [2.05, 4.69) is 17.9 Å². The van der Waals surface area contributed by atoms with Gasteiger partial charge in [0.25, 0.3) is 0 Å². The van der Waals surface area contributed by atoms with Gasteiger partial charge in [-0.05, 0) is 0 Å². The van der Waals surface area contributed by atoms with Crippen molar-refractivity contribution in [2.24, 2.45) is 0 Å². The molecule has 0 aromatic rings. The monoisotopic (exact) mass is 184 g/mol. The predicted octanol–water partition coefficient (Wildman–Crippen LogP) is 3.32. The number of hydrogen-bond donors (Lipinski definition) is 0. The molecule has 0 aliphatic carbocycles. The van der Waals surface area contributed by atoms with Crippen molar-refractivity contribution >= 4 is 16.2 Å². The van der Waals surface area contributed by atoms with E-state index in [0.29, 0.717) is 0 Å². The molecule has 1 heteroatoms. The second-order valence-electron chi connectivity index (χ2n) is 3.24. The minimum absolute atomic E-state index is 0.604. The summed E-state index contributed by atoms with van der Waals surface area (Å²) in [5.74, 6) is 0. The van der Waals surface area contributed by atoms with Crippen LogP contribution in [0.5, 0.6) is 0 Å². The van der Waals surface area contributed by atoms with Crippen molar-refractivity contribution in [3.63, 3.8) is 0 Å². The van der Waals surface area contributed by atoms with Crippen LogP contribution in [0.4, 0.5) is 0 Å². The molecule has 0 rings (SSSR count). The van der Waals surface area contributed by atoms with Crippen molar-refractivity contribution in [2.75, 3.05) is 0 Å². The van der Waals surface area contributed by atoms with Crippen LogP contribution < -0.4 is 0 Å². The molecule has 0 saturated carbocycles. The Morgan fingerprint density at radius 3 is 2.11 bits per heavy atom. The van der Waals surface area contributed by atoms with Gasteiger partial charge in [0.1, 0.15) is 0 Å². The zero-order chi connectivity index (χ0) is 7.11. The van der Waals surface area contributed by atoms with Crippen molar-refractivity contribution in [3.05, 3.63) is 0 Å². The third-order valence-electron chi connectivity index (χ3n) is 1.64. The first-order valence-corrected chi connectivity index (χ1v) is 10.8. The zero-order valence-corrected chi connectivity index (χ0v) is 9.54. The van der Waals surface area contributed by atoms with E-state index >= 15 is 0 Å². The molecule has 0 N–H and O–H groups in total. The molecular weight excluding hydrogens is 166 g/mol. The van der Waals surface area contributed by atoms with Gasteiger partial charge in [0, 0.05) is 0 Å². The van der Waals surface area contributed by atoms with E-state index in [4.69, 9.17) is 0 Å². The summed E-state index contributed by atoms with van der Waals surface area (Å²) in [5, 5.41) is 0. The molecule has 9 heavy (non-hydrogen) atoms. The molecule has 0 spiro atoms. The Morgan fingerprint density at radius 1 is 1.00 bits per heavy atom. The van der Waals surface area contributed by atoms with Crippen LogP contribution >= 0.6 is 0 Å². The first-order valence-electron chi connectivity index (χ1n) is 4.27. The summed E-state index contributed by atoms with van der Waals surface area (Å²) in [4.78, 5) is 1.60. The molecule has 0 saturated heterocycles. The van der Waals surface area contributed by atoms with Crippen LogP contribution in [0.15, 0.2) is 0 Å². The van der Waals surface area contributed by atoms with Gasteiger partial charge in [-0.15, -0.1) is 0 Å². The van der Waals surface area contributed by atoms with Crippen molar-refractivity contribution in [1.29, 1.82) is 0 Å². The molecule has 0 aliphatic heterocycles. The molecule has 0 aromatic carbocycles. The van der Waals surface area contributed by atoms with E-state index in [0.717, 1.165) is 0 Å². The van der Waals surface area contributed by atoms with Gasteiger partial charge in [0.05, 0.1) is 0 Å². The van der Waals surface area contributed by atoms with Crippen LogP contribution in [-0.4, -0.2) is 16.2 Å². The Morgan fingerprint density at radius 2 is 1.67 bits per heavy atom. The van der Waals surface area contributed by atoms with Crippen LogP contribution in [0, 0.1) is 0 Å². The fourth-order valence-electron chi connectivity index (χ4n) is 0.979. The van der Waals surface area contributed by atoms with Crippen LogP contribution in [0.25, 0.3) is 0 Å². The SMILES string of the molecule is CCCCC[CH2][Ga]([CH3])[CH3]. The Labute approximate surface area is 65.1 Å². The summed E-state index contributed by atoms with van der Waals surface area (Å²) in [7, 11) is 0. The Hall–Kier alpha value is 0.636. The average Bonchev–Trinajstić information content (AvgIpc) is 1.80. The van der Waals surface area contributed by atoms with Gasteiger partial charge >= 0.3 is 64.8 Å². The standard InChI is InChI=1S/C6H13.2CH3.Ga/c1-3-5-6-4-2;;;/h1,3-6H2,2H3;2*1H3;. The van der Waals surface area contributed by atoms with Gasteiger partial charge in [-0.2, -0.15) is 0 Å². The summed E-state index contributed by atoms with van der Waals surface area (Å²) in [6.45, 7) is 2.27. The second-order valence-corrected chi connectivity index (χ2v) is 10.3. The molecule has 0 radical (unpaired) electrons. The molecule has 0 amide bonds. The first kappa shape index (κ1) is 9.64. The van der Waals surface area contributed by atoms with Gasteiger partial charge in [0.2, 0.25) is 0 Å². The Bertz CT molecular complexity index is 50.5. The van der Waals surface area contributed by atoms with Crippen LogP contribution in [0.3, 0.4) is 0 Å². The van der Waals surface area contributed by atoms with Crippen LogP contribution in [-0.2, 0) is 0 Å². The summed E-state index contributed by atoms with van der Waals surface area (Å²) in [6.07, 6.45) is 5.84. The molecule has 0 fully saturated rings. The fourth-order valence-corrected chi connectivity index (χ4v) is 3.30. The summed E-state index contributed by atoms with van der Waals surface area (Å²) in [5.41, 5.74) is 4.97. The van der Waals surface area contributed by atoms with E-state index in [1.54, 1.807) is 4.98 Å². The summed E-state index contributed by atoms with van der Waals surface area (Å²) in [6, 6.07) is 0. The van der Waals surface area contributed by atoms with Gasteiger partial charge in [-0.1, -0.05) is 0 Å². The third kappa shape index (κ3) is 8.64. The molecule has 0 atom stereocenters. The second kappa shape index (κ2) is 6.75. The molecule has 0 aromatic heterocycles. The number of rotatable bonds is 5. The molecule has 0 unspecified atom stereocenters. The van der Waals surface area contributed by atoms with E-state index < -0.39 is 16.2 Å². The van der Waals surface area contributed by atoms with Crippen LogP contribution in [0.1, 0.15) is 32.6 Å². The van der Waals surface area contributed by atoms with Gasteiger partial charge in [0.15, 0.2) is 0 Å². The third-order valence-corrected chi connectivity index (χ3v) is 4.91. The predicted molar refractivity (Wildman–Crippen MR) is 46.4 cm³/mol. The van der Waals surface area contributed by atoms with E-state index in [1.165, 1.54) is 25.7 Å². The first-order chi connectivity index (χ1) is 4.27. The molecule has 0 nitrogen and oxygen atoms in total. The average molecular weight is 185 g/mol. The summed E-state index contributed by atoms with van der Waals surface area (Å²) < 4.78 is 0. The van der Waals surface area contributed by atoms with Crippen LogP contribution in [0.2, 0.25) is 15.9 Å². The number of unbranched alkanes of at least 4 members (excludes halogenated alkanes) is 3. The Balaban J connectivity index is 2.75.